The number of hydrogen-bond acceptors (Lipinski definition) is 3. The van der Waals surface area contributed by atoms with Crippen LogP contribution in [0, 0.1) is 0 Å². The highest BCUT2D eigenvalue weighted by Gasteiger charge is 2.26. The van der Waals surface area contributed by atoms with E-state index in [-0.39, 0.29) is 24.8 Å². The minimum atomic E-state index is -2.89. The van der Waals surface area contributed by atoms with Crippen molar-refractivity contribution < 1.29 is 26.5 Å². The molecule has 0 amide bonds. The van der Waals surface area contributed by atoms with Crippen LogP contribution in [0.1, 0.15) is 37.4 Å². The molecule has 1 heterocycles. The lowest BCUT2D eigenvalue weighted by Gasteiger charge is -2.17. The number of rotatable bonds is 7. The molecule has 148 valence electrons. The van der Waals surface area contributed by atoms with Crippen LogP contribution in [-0.4, -0.2) is 37.0 Å². The fourth-order valence-electron chi connectivity index (χ4n) is 3.75. The maximum absolute atomic E-state index is 12.5. The molecule has 0 bridgehead atoms. The predicted octanol–water partition coefficient (Wildman–Crippen LogP) is 4.94. The highest BCUT2D eigenvalue weighted by Crippen LogP contribution is 2.39. The zero-order chi connectivity index (χ0) is 24.7. The number of aromatic nitrogens is 1. The molecule has 0 aliphatic heterocycles. The number of aromatic amines is 1. The molecule has 28 heavy (non-hydrogen) atoms. The van der Waals surface area contributed by atoms with Gasteiger partial charge in [0.2, 0.25) is 0 Å². The number of halogens is 2. The van der Waals surface area contributed by atoms with Gasteiger partial charge in [-0.2, -0.15) is 8.78 Å². The zero-order valence-electron chi connectivity index (χ0n) is 21.0. The van der Waals surface area contributed by atoms with Crippen molar-refractivity contribution in [1.82, 2.24) is 9.88 Å². The topological polar surface area (TPSA) is 37.5 Å². The van der Waals surface area contributed by atoms with Crippen molar-refractivity contribution in [3.05, 3.63) is 59.3 Å². The van der Waals surface area contributed by atoms with Crippen LogP contribution in [0.15, 0.2) is 42.6 Å². The number of aryl methyl sites for hydroxylation is 1. The van der Waals surface area contributed by atoms with Crippen molar-refractivity contribution in [2.45, 2.75) is 32.0 Å². The molecule has 1 aliphatic rings. The van der Waals surface area contributed by atoms with E-state index >= 15 is 0 Å². The lowest BCUT2D eigenvalue weighted by Crippen LogP contribution is -2.15. The van der Waals surface area contributed by atoms with Gasteiger partial charge >= 0.3 is 6.61 Å². The van der Waals surface area contributed by atoms with Crippen molar-refractivity contribution in [2.24, 2.45) is 0 Å². The molecule has 0 radical (unpaired) electrons. The smallest absolute Gasteiger partial charge is 0.387 e. The van der Waals surface area contributed by atoms with E-state index < -0.39 is 20.6 Å². The van der Waals surface area contributed by atoms with E-state index in [0.29, 0.717) is 23.5 Å². The van der Waals surface area contributed by atoms with E-state index in [4.69, 9.17) is 13.0 Å². The van der Waals surface area contributed by atoms with Crippen molar-refractivity contribution in [3.63, 3.8) is 0 Å². The first kappa shape index (κ1) is 12.8. The predicted molar refractivity (Wildman–Crippen MR) is 105 cm³/mol. The molecule has 1 atom stereocenters. The second-order valence-corrected chi connectivity index (χ2v) is 6.78. The summed E-state index contributed by atoms with van der Waals surface area (Å²) in [6, 6.07) is 10.3. The summed E-state index contributed by atoms with van der Waals surface area (Å²) in [6.45, 7) is -8.58. The Morgan fingerprint density at radius 2 is 2.18 bits per heavy atom. The van der Waals surface area contributed by atoms with E-state index in [1.165, 1.54) is 6.07 Å². The minimum absolute atomic E-state index is 0.109. The first-order valence-corrected chi connectivity index (χ1v) is 9.04. The molecule has 1 aromatic heterocycles. The van der Waals surface area contributed by atoms with Gasteiger partial charge in [0.25, 0.3) is 0 Å². The van der Waals surface area contributed by atoms with E-state index in [0.717, 1.165) is 27.6 Å². The molecule has 4 nitrogen and oxygen atoms in total. The molecular formula is C22H24F2N2O2. The van der Waals surface area contributed by atoms with Crippen LogP contribution in [0.3, 0.4) is 0 Å². The third-order valence-corrected chi connectivity index (χ3v) is 4.99. The Morgan fingerprint density at radius 1 is 1.29 bits per heavy atom. The number of benzene rings is 2. The summed E-state index contributed by atoms with van der Waals surface area (Å²) in [4.78, 5) is 3.67. The van der Waals surface area contributed by atoms with Crippen molar-refractivity contribution >= 4 is 10.9 Å². The molecule has 4 rings (SSSR count). The summed E-state index contributed by atoms with van der Waals surface area (Å²) in [5, 5.41) is 0.754. The van der Waals surface area contributed by atoms with E-state index in [2.05, 4.69) is 9.72 Å². The number of H-pyrrole nitrogens is 1. The summed E-state index contributed by atoms with van der Waals surface area (Å²) in [5.41, 5.74) is 3.30. The molecule has 0 unspecified atom stereocenters. The second-order valence-electron chi connectivity index (χ2n) is 6.78. The van der Waals surface area contributed by atoms with E-state index in [1.54, 1.807) is 24.4 Å². The third-order valence-electron chi connectivity index (χ3n) is 4.99. The quantitative estimate of drug-likeness (QED) is 0.619. The highest BCUT2D eigenvalue weighted by atomic mass is 19.3. The van der Waals surface area contributed by atoms with Crippen LogP contribution >= 0.6 is 0 Å². The van der Waals surface area contributed by atoms with Crippen LogP contribution in [0.25, 0.3) is 10.9 Å². The lowest BCUT2D eigenvalue weighted by atomic mass is 10.1. The van der Waals surface area contributed by atoms with Crippen molar-refractivity contribution in [2.75, 3.05) is 20.5 Å². The van der Waals surface area contributed by atoms with Gasteiger partial charge in [-0.05, 0) is 74.2 Å². The molecule has 0 spiro atoms. The minimum Gasteiger partial charge on any atom is -0.485 e. The van der Waals surface area contributed by atoms with Crippen molar-refractivity contribution in [3.8, 4) is 11.5 Å². The van der Waals surface area contributed by atoms with Crippen LogP contribution in [0.2, 0.25) is 0 Å². The van der Waals surface area contributed by atoms with Gasteiger partial charge in [-0.15, -0.1) is 0 Å². The number of likely N-dealkylation sites (N-methyl/N-ethyl adjacent to an activating group) is 1. The Labute approximate surface area is 171 Å². The molecule has 0 saturated heterocycles. The van der Waals surface area contributed by atoms with Gasteiger partial charge in [-0.1, -0.05) is 12.1 Å². The maximum atomic E-state index is 12.5. The third kappa shape index (κ3) is 3.83. The second kappa shape index (κ2) is 7.80. The van der Waals surface area contributed by atoms with Gasteiger partial charge in [0, 0.05) is 31.9 Å². The normalized spacial score (nSPS) is 20.2. The summed E-state index contributed by atoms with van der Waals surface area (Å²) in [6.07, 6.45) is 2.95. The van der Waals surface area contributed by atoms with E-state index in [1.807, 2.05) is 12.1 Å². The van der Waals surface area contributed by atoms with Gasteiger partial charge in [-0.3, -0.25) is 0 Å². The lowest BCUT2D eigenvalue weighted by molar-refractivity contribution is -0.0498. The van der Waals surface area contributed by atoms with Gasteiger partial charge in [0.1, 0.15) is 17.6 Å². The molecule has 6 heteroatoms. The fourth-order valence-corrected chi connectivity index (χ4v) is 3.75. The molecule has 0 saturated carbocycles. The molecular weight excluding hydrogens is 362 g/mol. The summed E-state index contributed by atoms with van der Waals surface area (Å²) in [7, 11) is 0. The average Bonchev–Trinajstić information content (AvgIpc) is 3.30. The number of ether oxygens (including phenoxy) is 2. The SMILES string of the molecule is [2H]C([2H])([2H])N(CCc1c[nH]c2cccc(O[C@H]3CCc4cc(OC(F)F)ccc43)c12)C([2H])([2H])[2H]. The van der Waals surface area contributed by atoms with Crippen LogP contribution in [-0.2, 0) is 12.8 Å². The molecule has 0 fully saturated rings. The van der Waals surface area contributed by atoms with Gasteiger partial charge in [0.05, 0.1) is 0 Å². The molecule has 1 N–H and O–H groups in total. The standard InChI is InChI=1S/C22H24F2N2O2/c1-26(2)11-10-15-13-25-18-4-3-5-20(21(15)18)28-19-9-6-14-12-16(27-22(23)24)7-8-17(14)19/h3-5,7-8,12-13,19,22,25H,6,9-11H2,1-2H3/t19-/m0/s1/i1D3,2D3. The Bertz CT molecular complexity index is 1150. The average molecular weight is 392 g/mol. The number of alkyl halides is 2. The van der Waals surface area contributed by atoms with Gasteiger partial charge in [0.15, 0.2) is 0 Å². The first-order valence-electron chi connectivity index (χ1n) is 12.0. The zero-order valence-corrected chi connectivity index (χ0v) is 15.0. The summed E-state index contributed by atoms with van der Waals surface area (Å²) >= 11 is 0. The largest absolute Gasteiger partial charge is 0.485 e. The molecule has 1 aliphatic carbocycles. The number of nitrogens with one attached hydrogen (secondary N) is 1. The number of fused-ring (bicyclic) bond motifs is 2. The first-order chi connectivity index (χ1) is 15.9. The van der Waals surface area contributed by atoms with E-state index in [9.17, 15) is 8.78 Å². The fraction of sp³-hybridized carbons (Fsp3) is 0.364. The molecule has 3 aromatic rings. The highest BCUT2D eigenvalue weighted by molar-refractivity contribution is 5.89. The Morgan fingerprint density at radius 3 is 3.00 bits per heavy atom. The number of hydrogen-bond donors (Lipinski definition) is 1. The van der Waals surface area contributed by atoms with Gasteiger partial charge < -0.3 is 19.4 Å². The van der Waals surface area contributed by atoms with Crippen LogP contribution in [0.5, 0.6) is 11.5 Å². The summed E-state index contributed by atoms with van der Waals surface area (Å²) in [5.74, 6) is 0.686. The maximum Gasteiger partial charge on any atom is 0.387 e. The number of nitrogens with zero attached hydrogens (tertiary/aromatic N) is 1. The Kier molecular flexibility index (Phi) is 3.56. The van der Waals surface area contributed by atoms with Crippen molar-refractivity contribution in [1.29, 1.82) is 0 Å². The van der Waals surface area contributed by atoms with Crippen LogP contribution in [0.4, 0.5) is 8.78 Å². The Balaban J connectivity index is 1.57. The van der Waals surface area contributed by atoms with Crippen LogP contribution < -0.4 is 9.47 Å². The van der Waals surface area contributed by atoms with Gasteiger partial charge in [-0.25, -0.2) is 0 Å². The monoisotopic (exact) mass is 392 g/mol. The summed E-state index contributed by atoms with van der Waals surface area (Å²) < 4.78 is 81.3. The molecule has 2 aromatic carbocycles. The Hall–Kier alpha value is -2.60.